The first-order chi connectivity index (χ1) is 9.33. The molecule has 0 radical (unpaired) electrons. The van der Waals surface area contributed by atoms with E-state index < -0.39 is 0 Å². The lowest BCUT2D eigenvalue weighted by molar-refractivity contribution is 0.568. The highest BCUT2D eigenvalue weighted by molar-refractivity contribution is 5.32. The Balaban J connectivity index is 1.77. The molecule has 1 aliphatic rings. The van der Waals surface area contributed by atoms with Gasteiger partial charge in [-0.3, -0.25) is 0 Å². The van der Waals surface area contributed by atoms with Crippen molar-refractivity contribution in [1.29, 1.82) is 0 Å². The fraction of sp³-hybridized carbons (Fsp3) is 0.429. The number of piperazine rings is 1. The number of anilines is 1. The summed E-state index contributed by atoms with van der Waals surface area (Å²) in [5.41, 5.74) is 1.25. The fourth-order valence-corrected chi connectivity index (χ4v) is 2.42. The van der Waals surface area contributed by atoms with E-state index >= 15 is 0 Å². The summed E-state index contributed by atoms with van der Waals surface area (Å²) in [6.45, 7) is 4.02. The maximum Gasteiger partial charge on any atom is 0.223 e. The summed E-state index contributed by atoms with van der Waals surface area (Å²) >= 11 is 0. The Morgan fingerprint density at radius 1 is 1.16 bits per heavy atom. The van der Waals surface area contributed by atoms with Gasteiger partial charge in [-0.25, -0.2) is 4.68 Å². The Hall–Kier alpha value is -1.88. The first-order valence-electron chi connectivity index (χ1n) is 6.72. The van der Waals surface area contributed by atoms with E-state index in [1.54, 1.807) is 0 Å². The van der Waals surface area contributed by atoms with Crippen LogP contribution in [0.1, 0.15) is 11.4 Å². The Bertz CT molecular complexity index is 528. The van der Waals surface area contributed by atoms with Crippen LogP contribution in [0.2, 0.25) is 0 Å². The lowest BCUT2D eigenvalue weighted by atomic mass is 10.1. The van der Waals surface area contributed by atoms with Gasteiger partial charge in [0.05, 0.1) is 0 Å². The molecular formula is C14H19N5. The molecule has 0 unspecified atom stereocenters. The Morgan fingerprint density at radius 3 is 2.63 bits per heavy atom. The minimum Gasteiger partial charge on any atom is -0.338 e. The normalized spacial score (nSPS) is 15.7. The largest absolute Gasteiger partial charge is 0.338 e. The number of rotatable bonds is 3. The van der Waals surface area contributed by atoms with Crippen LogP contribution in [-0.4, -0.2) is 40.9 Å². The van der Waals surface area contributed by atoms with E-state index in [4.69, 9.17) is 0 Å². The third-order valence-electron chi connectivity index (χ3n) is 3.39. The van der Waals surface area contributed by atoms with Crippen molar-refractivity contribution in [3.63, 3.8) is 0 Å². The van der Waals surface area contributed by atoms with Crippen LogP contribution in [0, 0.1) is 0 Å². The van der Waals surface area contributed by atoms with Crippen LogP contribution in [0.5, 0.6) is 0 Å². The fourth-order valence-electron chi connectivity index (χ4n) is 2.42. The van der Waals surface area contributed by atoms with Crippen molar-refractivity contribution in [1.82, 2.24) is 20.1 Å². The monoisotopic (exact) mass is 257 g/mol. The number of aryl methyl sites for hydroxylation is 1. The number of nitrogens with one attached hydrogen (secondary N) is 1. The van der Waals surface area contributed by atoms with Gasteiger partial charge in [0.15, 0.2) is 5.82 Å². The summed E-state index contributed by atoms with van der Waals surface area (Å²) in [4.78, 5) is 6.97. The third kappa shape index (κ3) is 2.76. The highest BCUT2D eigenvalue weighted by Gasteiger charge is 2.17. The predicted octanol–water partition coefficient (Wildman–Crippen LogP) is 0.815. The van der Waals surface area contributed by atoms with Crippen LogP contribution in [0.15, 0.2) is 30.3 Å². The van der Waals surface area contributed by atoms with Gasteiger partial charge < -0.3 is 10.2 Å². The molecule has 0 spiro atoms. The molecule has 2 aromatic rings. The smallest absolute Gasteiger partial charge is 0.223 e. The van der Waals surface area contributed by atoms with Gasteiger partial charge in [-0.15, -0.1) is 0 Å². The molecule has 3 rings (SSSR count). The molecule has 5 heteroatoms. The average molecular weight is 257 g/mol. The van der Waals surface area contributed by atoms with E-state index in [1.807, 2.05) is 17.8 Å². The number of aromatic nitrogens is 3. The second kappa shape index (κ2) is 5.40. The minimum atomic E-state index is 0.792. The van der Waals surface area contributed by atoms with Crippen LogP contribution in [0.3, 0.4) is 0 Å². The second-order valence-corrected chi connectivity index (χ2v) is 4.85. The van der Waals surface area contributed by atoms with Crippen molar-refractivity contribution < 1.29 is 0 Å². The summed E-state index contributed by atoms with van der Waals surface area (Å²) in [6.07, 6.45) is 0.792. The van der Waals surface area contributed by atoms with Crippen LogP contribution in [0.25, 0.3) is 0 Å². The maximum absolute atomic E-state index is 4.68. The number of hydrogen-bond donors (Lipinski definition) is 1. The highest BCUT2D eigenvalue weighted by atomic mass is 15.4. The summed E-state index contributed by atoms with van der Waals surface area (Å²) in [5.74, 6) is 1.87. The van der Waals surface area contributed by atoms with Crippen molar-refractivity contribution in [2.75, 3.05) is 31.1 Å². The molecule has 1 aromatic carbocycles. The van der Waals surface area contributed by atoms with Gasteiger partial charge in [0, 0.05) is 39.6 Å². The van der Waals surface area contributed by atoms with Crippen molar-refractivity contribution in [2.24, 2.45) is 7.05 Å². The van der Waals surface area contributed by atoms with Gasteiger partial charge in [-0.1, -0.05) is 30.3 Å². The standard InChI is InChI=1S/C14H19N5/c1-18-14(19-9-7-15-8-10-19)16-13(17-18)11-12-5-3-2-4-6-12/h2-6,15H,7-11H2,1H3. The average Bonchev–Trinajstić information content (AvgIpc) is 2.82. The molecule has 0 atom stereocenters. The van der Waals surface area contributed by atoms with E-state index in [0.29, 0.717) is 0 Å². The first kappa shape index (κ1) is 12.2. The molecule has 100 valence electrons. The molecular weight excluding hydrogens is 238 g/mol. The molecule has 1 saturated heterocycles. The van der Waals surface area contributed by atoms with Gasteiger partial charge in [-0.2, -0.15) is 10.1 Å². The van der Waals surface area contributed by atoms with E-state index in [2.05, 4.69) is 44.6 Å². The summed E-state index contributed by atoms with van der Waals surface area (Å²) in [7, 11) is 1.97. The quantitative estimate of drug-likeness (QED) is 0.884. The second-order valence-electron chi connectivity index (χ2n) is 4.85. The third-order valence-corrected chi connectivity index (χ3v) is 3.39. The van der Waals surface area contributed by atoms with Crippen molar-refractivity contribution in [3.8, 4) is 0 Å². The Kier molecular flexibility index (Phi) is 3.46. The van der Waals surface area contributed by atoms with Gasteiger partial charge in [-0.05, 0) is 5.56 Å². The molecule has 5 nitrogen and oxygen atoms in total. The van der Waals surface area contributed by atoms with Crippen LogP contribution < -0.4 is 10.2 Å². The minimum absolute atomic E-state index is 0.792. The molecule has 0 amide bonds. The molecule has 0 aliphatic carbocycles. The Morgan fingerprint density at radius 2 is 1.89 bits per heavy atom. The molecule has 1 fully saturated rings. The molecule has 0 saturated carbocycles. The van der Waals surface area contributed by atoms with E-state index in [0.717, 1.165) is 44.4 Å². The molecule has 2 heterocycles. The van der Waals surface area contributed by atoms with Crippen molar-refractivity contribution in [3.05, 3.63) is 41.7 Å². The van der Waals surface area contributed by atoms with Crippen LogP contribution >= 0.6 is 0 Å². The molecule has 0 bridgehead atoms. The lowest BCUT2D eigenvalue weighted by Crippen LogP contribution is -2.44. The number of nitrogens with zero attached hydrogens (tertiary/aromatic N) is 4. The van der Waals surface area contributed by atoms with Crippen LogP contribution in [-0.2, 0) is 13.5 Å². The topological polar surface area (TPSA) is 46.0 Å². The SMILES string of the molecule is Cn1nc(Cc2ccccc2)nc1N1CCNCC1. The lowest BCUT2D eigenvalue weighted by Gasteiger charge is -2.27. The van der Waals surface area contributed by atoms with E-state index in [-0.39, 0.29) is 0 Å². The zero-order valence-corrected chi connectivity index (χ0v) is 11.2. The molecule has 1 N–H and O–H groups in total. The summed E-state index contributed by atoms with van der Waals surface area (Å²) in [5, 5.41) is 7.88. The predicted molar refractivity (Wildman–Crippen MR) is 75.3 cm³/mol. The number of hydrogen-bond acceptors (Lipinski definition) is 4. The molecule has 19 heavy (non-hydrogen) atoms. The summed E-state index contributed by atoms with van der Waals surface area (Å²) < 4.78 is 1.89. The van der Waals surface area contributed by atoms with Crippen molar-refractivity contribution >= 4 is 5.95 Å². The van der Waals surface area contributed by atoms with Gasteiger partial charge in [0.25, 0.3) is 0 Å². The Labute approximate surface area is 113 Å². The van der Waals surface area contributed by atoms with E-state index in [1.165, 1.54) is 5.56 Å². The molecule has 1 aromatic heterocycles. The van der Waals surface area contributed by atoms with Crippen LogP contribution in [0.4, 0.5) is 5.95 Å². The highest BCUT2D eigenvalue weighted by Crippen LogP contribution is 2.13. The zero-order valence-electron chi connectivity index (χ0n) is 11.2. The number of benzene rings is 1. The maximum atomic E-state index is 4.68. The zero-order chi connectivity index (χ0) is 13.1. The van der Waals surface area contributed by atoms with Gasteiger partial charge in [0.1, 0.15) is 0 Å². The van der Waals surface area contributed by atoms with Gasteiger partial charge >= 0.3 is 0 Å². The van der Waals surface area contributed by atoms with E-state index in [9.17, 15) is 0 Å². The summed E-state index contributed by atoms with van der Waals surface area (Å²) in [6, 6.07) is 10.4. The van der Waals surface area contributed by atoms with Gasteiger partial charge in [0.2, 0.25) is 5.95 Å². The van der Waals surface area contributed by atoms with Crippen molar-refractivity contribution in [2.45, 2.75) is 6.42 Å². The first-order valence-corrected chi connectivity index (χ1v) is 6.72. The molecule has 1 aliphatic heterocycles.